The summed E-state index contributed by atoms with van der Waals surface area (Å²) < 4.78 is 3.22. The number of nitrogens with one attached hydrogen (secondary N) is 2. The second kappa shape index (κ2) is 6.18. The monoisotopic (exact) mass is 302 g/mol. The number of aromatic nitrogens is 6. The van der Waals surface area contributed by atoms with Gasteiger partial charge in [0.2, 0.25) is 12.2 Å². The number of aromatic amines is 1. The third-order valence-corrected chi connectivity index (χ3v) is 3.53. The van der Waals surface area contributed by atoms with Gasteiger partial charge in [0.15, 0.2) is 5.69 Å². The van der Waals surface area contributed by atoms with E-state index in [0.29, 0.717) is 5.16 Å². The average Bonchev–Trinajstić information content (AvgIpc) is 3.17. The van der Waals surface area contributed by atoms with Crippen LogP contribution in [0.15, 0.2) is 54.5 Å². The minimum atomic E-state index is -0.164. The molecule has 0 radical (unpaired) electrons. The lowest BCUT2D eigenvalue weighted by molar-refractivity contribution is -0.694. The normalized spacial score (nSPS) is 10.5. The van der Waals surface area contributed by atoms with E-state index in [-0.39, 0.29) is 11.7 Å². The largest absolute Gasteiger partial charge is 0.385 e. The highest BCUT2D eigenvalue weighted by atomic mass is 32.2. The third-order valence-electron chi connectivity index (χ3n) is 2.57. The van der Waals surface area contributed by atoms with Gasteiger partial charge in [-0.25, -0.2) is 4.68 Å². The van der Waals surface area contributed by atoms with Crippen LogP contribution in [0.2, 0.25) is 0 Å². The summed E-state index contributed by atoms with van der Waals surface area (Å²) in [5.41, 5.74) is 3.58. The van der Waals surface area contributed by atoms with Gasteiger partial charge in [0.1, 0.15) is 12.7 Å². The SMILES string of the molecule is O=C(CSc1nc[nH][n+]1-c1ccccc1)Nn1cnnc1. The summed E-state index contributed by atoms with van der Waals surface area (Å²) in [6.45, 7) is 0. The van der Waals surface area contributed by atoms with Crippen LogP contribution in [0.25, 0.3) is 5.69 Å². The van der Waals surface area contributed by atoms with Crippen LogP contribution in [0.3, 0.4) is 0 Å². The molecule has 0 spiro atoms. The second-order valence-corrected chi connectivity index (χ2v) is 4.98. The van der Waals surface area contributed by atoms with Crippen molar-refractivity contribution in [2.24, 2.45) is 0 Å². The molecule has 3 aromatic rings. The molecule has 106 valence electrons. The predicted molar refractivity (Wildman–Crippen MR) is 75.2 cm³/mol. The van der Waals surface area contributed by atoms with Crippen molar-refractivity contribution in [1.82, 2.24) is 25.0 Å². The lowest BCUT2D eigenvalue weighted by atomic mass is 10.3. The molecule has 0 saturated carbocycles. The van der Waals surface area contributed by atoms with Crippen LogP contribution in [0, 0.1) is 0 Å². The fourth-order valence-corrected chi connectivity index (χ4v) is 2.42. The van der Waals surface area contributed by atoms with Gasteiger partial charge in [0.25, 0.3) is 0 Å². The molecule has 0 saturated heterocycles. The zero-order chi connectivity index (χ0) is 14.5. The zero-order valence-electron chi connectivity index (χ0n) is 10.9. The molecule has 2 aromatic heterocycles. The lowest BCUT2D eigenvalue weighted by Gasteiger charge is -2.02. The molecule has 2 heterocycles. The first kappa shape index (κ1) is 13.3. The highest BCUT2D eigenvalue weighted by Gasteiger charge is 2.18. The molecule has 0 atom stereocenters. The van der Waals surface area contributed by atoms with E-state index >= 15 is 0 Å². The molecule has 0 unspecified atom stereocenters. The van der Waals surface area contributed by atoms with Crippen LogP contribution in [0.5, 0.6) is 0 Å². The number of carbonyl (C=O) groups excluding carboxylic acids is 1. The summed E-state index contributed by atoms with van der Waals surface area (Å²) in [5.74, 6) is 0.0676. The smallest absolute Gasteiger partial charge is 0.272 e. The first-order valence-electron chi connectivity index (χ1n) is 6.11. The van der Waals surface area contributed by atoms with E-state index in [1.807, 2.05) is 35.0 Å². The molecule has 0 bridgehead atoms. The van der Waals surface area contributed by atoms with Crippen LogP contribution in [0.4, 0.5) is 0 Å². The van der Waals surface area contributed by atoms with Crippen molar-refractivity contribution in [3.63, 3.8) is 0 Å². The van der Waals surface area contributed by atoms with Crippen molar-refractivity contribution in [3.05, 3.63) is 49.3 Å². The molecule has 2 N–H and O–H groups in total. The van der Waals surface area contributed by atoms with E-state index in [2.05, 4.69) is 25.7 Å². The van der Waals surface area contributed by atoms with Gasteiger partial charge in [-0.05, 0) is 28.9 Å². The number of carbonyl (C=O) groups is 1. The van der Waals surface area contributed by atoms with Crippen LogP contribution in [-0.4, -0.2) is 36.6 Å². The Balaban J connectivity index is 1.64. The van der Waals surface area contributed by atoms with Crippen LogP contribution in [0.1, 0.15) is 0 Å². The topological polar surface area (TPSA) is 92.4 Å². The Labute approximate surface area is 124 Å². The quantitative estimate of drug-likeness (QED) is 0.516. The van der Waals surface area contributed by atoms with E-state index in [9.17, 15) is 4.79 Å². The standard InChI is InChI=1S/C12H11N7OS/c20-11(17-18-8-14-15-9-18)6-21-12-13-7-16-19(12)10-4-2-1-3-5-10/h1-5,7-9H,6H2,(H,17,20)/p+1. The van der Waals surface area contributed by atoms with Gasteiger partial charge in [-0.1, -0.05) is 18.2 Å². The van der Waals surface area contributed by atoms with Gasteiger partial charge >= 0.3 is 5.16 Å². The number of thioether (sulfide) groups is 1. The van der Waals surface area contributed by atoms with Crippen molar-refractivity contribution in [2.45, 2.75) is 5.16 Å². The Bertz CT molecular complexity index is 710. The molecule has 0 aliphatic heterocycles. The summed E-state index contributed by atoms with van der Waals surface area (Å²) in [7, 11) is 0. The highest BCUT2D eigenvalue weighted by Crippen LogP contribution is 2.11. The molecule has 9 heteroatoms. The van der Waals surface area contributed by atoms with Crippen molar-refractivity contribution < 1.29 is 9.48 Å². The highest BCUT2D eigenvalue weighted by molar-refractivity contribution is 7.99. The average molecular weight is 302 g/mol. The summed E-state index contributed by atoms with van der Waals surface area (Å²) >= 11 is 1.33. The fourth-order valence-electron chi connectivity index (χ4n) is 1.68. The first-order chi connectivity index (χ1) is 10.3. The third kappa shape index (κ3) is 3.26. The molecular weight excluding hydrogens is 290 g/mol. The van der Waals surface area contributed by atoms with Gasteiger partial charge in [-0.2, -0.15) is 5.10 Å². The summed E-state index contributed by atoms with van der Waals surface area (Å²) in [6.07, 6.45) is 4.43. The maximum Gasteiger partial charge on any atom is 0.385 e. The van der Waals surface area contributed by atoms with Crippen molar-refractivity contribution >= 4 is 17.7 Å². The van der Waals surface area contributed by atoms with Crippen molar-refractivity contribution in [3.8, 4) is 5.69 Å². The van der Waals surface area contributed by atoms with Gasteiger partial charge in [-0.3, -0.25) is 10.2 Å². The Morgan fingerprint density at radius 3 is 2.81 bits per heavy atom. The Kier molecular flexibility index (Phi) is 3.92. The first-order valence-corrected chi connectivity index (χ1v) is 7.09. The summed E-state index contributed by atoms with van der Waals surface area (Å²) in [4.78, 5) is 16.0. The van der Waals surface area contributed by atoms with Crippen LogP contribution < -0.4 is 10.1 Å². The molecular formula is C12H12N7OS+. The summed E-state index contributed by atoms with van der Waals surface area (Å²) in [6, 6.07) is 9.74. The fraction of sp³-hybridized carbons (Fsp3) is 0.0833. The molecule has 21 heavy (non-hydrogen) atoms. The molecule has 1 aromatic carbocycles. The van der Waals surface area contributed by atoms with Gasteiger partial charge < -0.3 is 0 Å². The van der Waals surface area contributed by atoms with E-state index in [1.165, 1.54) is 29.1 Å². The lowest BCUT2D eigenvalue weighted by Crippen LogP contribution is -2.35. The van der Waals surface area contributed by atoms with E-state index < -0.39 is 0 Å². The molecule has 8 nitrogen and oxygen atoms in total. The molecule has 0 fully saturated rings. The Hall–Kier alpha value is -2.68. The minimum absolute atomic E-state index is 0.164. The Morgan fingerprint density at radius 2 is 2.05 bits per heavy atom. The maximum atomic E-state index is 11.8. The van der Waals surface area contributed by atoms with E-state index in [4.69, 9.17) is 0 Å². The number of amides is 1. The molecule has 1 amide bonds. The molecule has 0 aliphatic rings. The van der Waals surface area contributed by atoms with Gasteiger partial charge in [0.05, 0.1) is 5.75 Å². The van der Waals surface area contributed by atoms with Crippen molar-refractivity contribution in [2.75, 3.05) is 11.2 Å². The van der Waals surface area contributed by atoms with Crippen LogP contribution >= 0.6 is 11.8 Å². The number of hydrogen-bond donors (Lipinski definition) is 2. The van der Waals surface area contributed by atoms with E-state index in [0.717, 1.165) is 5.69 Å². The van der Waals surface area contributed by atoms with E-state index in [1.54, 1.807) is 6.33 Å². The second-order valence-electron chi connectivity index (χ2n) is 4.03. The molecule has 0 aliphatic carbocycles. The number of para-hydroxylation sites is 1. The van der Waals surface area contributed by atoms with Crippen molar-refractivity contribution in [1.29, 1.82) is 0 Å². The number of rotatable bonds is 5. The number of benzene rings is 1. The molecule has 3 rings (SSSR count). The zero-order valence-corrected chi connectivity index (χ0v) is 11.7. The minimum Gasteiger partial charge on any atom is -0.272 e. The number of hydrogen-bond acceptors (Lipinski definition) is 5. The maximum absolute atomic E-state index is 11.8. The van der Waals surface area contributed by atoms with Gasteiger partial charge in [-0.15, -0.1) is 14.9 Å². The Morgan fingerprint density at radius 1 is 1.29 bits per heavy atom. The summed E-state index contributed by atoms with van der Waals surface area (Å²) in [5, 5.41) is 10.9. The van der Waals surface area contributed by atoms with Crippen LogP contribution in [-0.2, 0) is 4.79 Å². The van der Waals surface area contributed by atoms with Gasteiger partial charge in [0, 0.05) is 0 Å². The predicted octanol–water partition coefficient (Wildman–Crippen LogP) is 0.140. The number of H-pyrrole nitrogens is 1. The number of nitrogens with zero attached hydrogens (tertiary/aromatic N) is 5.